The van der Waals surface area contributed by atoms with Gasteiger partial charge >= 0.3 is 0 Å². The average molecular weight is 332 g/mol. The molecule has 0 saturated carbocycles. The third kappa shape index (κ3) is 5.66. The van der Waals surface area contributed by atoms with Crippen molar-refractivity contribution < 1.29 is 0 Å². The lowest BCUT2D eigenvalue weighted by Crippen LogP contribution is -2.30. The number of hydrogen-bond acceptors (Lipinski definition) is 3. The van der Waals surface area contributed by atoms with Gasteiger partial charge in [-0.25, -0.2) is 4.98 Å². The zero-order valence-corrected chi connectivity index (χ0v) is 14.6. The second-order valence-corrected chi connectivity index (χ2v) is 6.60. The molecule has 0 saturated heterocycles. The van der Waals surface area contributed by atoms with Crippen molar-refractivity contribution in [1.82, 2.24) is 10.3 Å². The Morgan fingerprint density at radius 2 is 2.09 bits per heavy atom. The van der Waals surface area contributed by atoms with Gasteiger partial charge in [-0.3, -0.25) is 0 Å². The summed E-state index contributed by atoms with van der Waals surface area (Å²) in [6, 6.07) is 12.6. The largest absolute Gasteiger partial charge is 0.362 e. The van der Waals surface area contributed by atoms with Gasteiger partial charge in [-0.15, -0.1) is 0 Å². The van der Waals surface area contributed by atoms with Crippen LogP contribution in [0.5, 0.6) is 0 Å². The molecule has 2 aromatic rings. The van der Waals surface area contributed by atoms with Crippen molar-refractivity contribution in [3.05, 3.63) is 59.3 Å². The van der Waals surface area contributed by atoms with Gasteiger partial charge < -0.3 is 10.6 Å². The fourth-order valence-corrected chi connectivity index (χ4v) is 3.00. The summed E-state index contributed by atoms with van der Waals surface area (Å²) < 4.78 is 0. The Kier molecular flexibility index (Phi) is 6.68. The van der Waals surface area contributed by atoms with E-state index >= 15 is 0 Å². The molecule has 0 spiro atoms. The van der Waals surface area contributed by atoms with E-state index in [-0.39, 0.29) is 0 Å². The molecule has 1 aromatic carbocycles. The molecule has 0 aliphatic carbocycles. The molecule has 1 heterocycles. The molecule has 0 amide bonds. The van der Waals surface area contributed by atoms with Crippen molar-refractivity contribution in [2.24, 2.45) is 0 Å². The summed E-state index contributed by atoms with van der Waals surface area (Å²) >= 11 is 7.19. The maximum atomic E-state index is 5.28. The number of aryl methyl sites for hydroxylation is 2. The van der Waals surface area contributed by atoms with Gasteiger partial charge in [0.05, 0.1) is 0 Å². The normalized spacial score (nSPS) is 10.3. The molecular weight excluding hydrogens is 310 g/mol. The van der Waals surface area contributed by atoms with E-state index < -0.39 is 0 Å². The Morgan fingerprint density at radius 3 is 2.86 bits per heavy atom. The van der Waals surface area contributed by atoms with Crippen LogP contribution in [-0.2, 0) is 5.75 Å². The van der Waals surface area contributed by atoms with Crippen LogP contribution in [0.1, 0.15) is 16.7 Å². The van der Waals surface area contributed by atoms with Gasteiger partial charge in [0.1, 0.15) is 5.82 Å². The van der Waals surface area contributed by atoms with Crippen LogP contribution in [0.15, 0.2) is 42.6 Å². The number of aromatic nitrogens is 1. The minimum absolute atomic E-state index is 0.623. The maximum Gasteiger partial charge on any atom is 0.171 e. The van der Waals surface area contributed by atoms with E-state index in [1.807, 2.05) is 30.8 Å². The third-order valence-corrected chi connectivity index (χ3v) is 4.40. The first kappa shape index (κ1) is 16.8. The van der Waals surface area contributed by atoms with Crippen molar-refractivity contribution in [3.63, 3.8) is 0 Å². The quantitative estimate of drug-likeness (QED) is 0.620. The molecule has 2 rings (SSSR count). The highest BCUT2D eigenvalue weighted by atomic mass is 32.2. The lowest BCUT2D eigenvalue weighted by molar-refractivity contribution is 0.987. The predicted molar refractivity (Wildman–Crippen MR) is 101 cm³/mol. The number of thioether (sulfide) groups is 1. The van der Waals surface area contributed by atoms with Crippen LogP contribution in [0, 0.1) is 13.8 Å². The predicted octanol–water partition coefficient (Wildman–Crippen LogP) is 3.92. The van der Waals surface area contributed by atoms with E-state index in [0.717, 1.165) is 29.4 Å². The zero-order valence-electron chi connectivity index (χ0n) is 12.9. The second kappa shape index (κ2) is 8.76. The monoisotopic (exact) mass is 331 g/mol. The van der Waals surface area contributed by atoms with Crippen molar-refractivity contribution >= 4 is 34.9 Å². The standard InChI is InChI=1S/C17H21N3S2/c1-13-5-3-7-15(11-13)12-22-10-9-19-17(21)20-16-14(2)6-4-8-18-16/h3-8,11H,9-10,12H2,1-2H3,(H2,18,19,20,21). The molecule has 0 unspecified atom stereocenters. The summed E-state index contributed by atoms with van der Waals surface area (Å²) in [4.78, 5) is 4.27. The molecular formula is C17H21N3S2. The number of anilines is 1. The van der Waals surface area contributed by atoms with E-state index in [4.69, 9.17) is 12.2 Å². The summed E-state index contributed by atoms with van der Waals surface area (Å²) in [5.74, 6) is 2.85. The maximum absolute atomic E-state index is 5.28. The molecule has 22 heavy (non-hydrogen) atoms. The van der Waals surface area contributed by atoms with Crippen LogP contribution in [0.4, 0.5) is 5.82 Å². The fourth-order valence-electron chi connectivity index (χ4n) is 2.00. The SMILES string of the molecule is Cc1cccc(CSCCNC(=S)Nc2ncccc2C)c1. The van der Waals surface area contributed by atoms with Gasteiger partial charge in [0.15, 0.2) is 5.11 Å². The van der Waals surface area contributed by atoms with E-state index in [9.17, 15) is 0 Å². The third-order valence-electron chi connectivity index (χ3n) is 3.12. The van der Waals surface area contributed by atoms with E-state index in [1.54, 1.807) is 6.20 Å². The molecule has 1 aromatic heterocycles. The first-order valence-electron chi connectivity index (χ1n) is 7.25. The highest BCUT2D eigenvalue weighted by Crippen LogP contribution is 2.13. The highest BCUT2D eigenvalue weighted by molar-refractivity contribution is 7.98. The molecule has 0 aliphatic rings. The summed E-state index contributed by atoms with van der Waals surface area (Å²) in [7, 11) is 0. The second-order valence-electron chi connectivity index (χ2n) is 5.09. The van der Waals surface area contributed by atoms with Crippen LogP contribution in [-0.4, -0.2) is 22.4 Å². The number of nitrogens with one attached hydrogen (secondary N) is 2. The van der Waals surface area contributed by atoms with Crippen LogP contribution >= 0.6 is 24.0 Å². The minimum Gasteiger partial charge on any atom is -0.362 e. The summed E-state index contributed by atoms with van der Waals surface area (Å²) in [6.45, 7) is 4.98. The molecule has 3 nitrogen and oxygen atoms in total. The van der Waals surface area contributed by atoms with Crippen LogP contribution in [0.2, 0.25) is 0 Å². The highest BCUT2D eigenvalue weighted by Gasteiger charge is 2.01. The van der Waals surface area contributed by atoms with E-state index in [2.05, 4.69) is 46.8 Å². The van der Waals surface area contributed by atoms with Crippen molar-refractivity contribution in [2.75, 3.05) is 17.6 Å². The topological polar surface area (TPSA) is 37.0 Å². The molecule has 0 aliphatic heterocycles. The summed E-state index contributed by atoms with van der Waals surface area (Å²) in [5.41, 5.74) is 3.77. The van der Waals surface area contributed by atoms with Gasteiger partial charge in [-0.05, 0) is 43.3 Å². The Hall–Kier alpha value is -1.59. The number of hydrogen-bond donors (Lipinski definition) is 2. The lowest BCUT2D eigenvalue weighted by atomic mass is 10.2. The van der Waals surface area contributed by atoms with Crippen LogP contribution in [0.3, 0.4) is 0 Å². The number of benzene rings is 1. The molecule has 5 heteroatoms. The zero-order chi connectivity index (χ0) is 15.8. The van der Waals surface area contributed by atoms with Gasteiger partial charge in [-0.1, -0.05) is 35.9 Å². The smallest absolute Gasteiger partial charge is 0.171 e. The van der Waals surface area contributed by atoms with Gasteiger partial charge in [0.2, 0.25) is 0 Å². The van der Waals surface area contributed by atoms with Gasteiger partial charge in [0, 0.05) is 24.2 Å². The van der Waals surface area contributed by atoms with Crippen molar-refractivity contribution in [2.45, 2.75) is 19.6 Å². The van der Waals surface area contributed by atoms with Crippen LogP contribution in [0.25, 0.3) is 0 Å². The Morgan fingerprint density at radius 1 is 1.23 bits per heavy atom. The number of thiocarbonyl (C=S) groups is 1. The molecule has 0 bridgehead atoms. The number of nitrogens with zero attached hydrogens (tertiary/aromatic N) is 1. The summed E-state index contributed by atoms with van der Waals surface area (Å²) in [5, 5.41) is 6.96. The average Bonchev–Trinajstić information content (AvgIpc) is 2.49. The van der Waals surface area contributed by atoms with Crippen LogP contribution < -0.4 is 10.6 Å². The minimum atomic E-state index is 0.623. The Balaban J connectivity index is 1.64. The molecule has 116 valence electrons. The first-order chi connectivity index (χ1) is 10.6. The van der Waals surface area contributed by atoms with Crippen molar-refractivity contribution in [1.29, 1.82) is 0 Å². The number of pyridine rings is 1. The summed E-state index contributed by atoms with van der Waals surface area (Å²) in [6.07, 6.45) is 1.76. The number of rotatable bonds is 6. The molecule has 2 N–H and O–H groups in total. The van der Waals surface area contributed by atoms with Gasteiger partial charge in [0.25, 0.3) is 0 Å². The van der Waals surface area contributed by atoms with Gasteiger partial charge in [-0.2, -0.15) is 11.8 Å². The molecule has 0 fully saturated rings. The molecule has 0 atom stereocenters. The van der Waals surface area contributed by atoms with E-state index in [1.165, 1.54) is 11.1 Å². The lowest BCUT2D eigenvalue weighted by Gasteiger charge is -2.11. The first-order valence-corrected chi connectivity index (χ1v) is 8.81. The fraction of sp³-hybridized carbons (Fsp3) is 0.294. The van der Waals surface area contributed by atoms with E-state index in [0.29, 0.717) is 5.11 Å². The Labute approximate surface area is 141 Å². The molecule has 0 radical (unpaired) electrons. The Bertz CT molecular complexity index is 629. The van der Waals surface area contributed by atoms with Crippen molar-refractivity contribution in [3.8, 4) is 0 Å².